The minimum atomic E-state index is -0.472. The van der Waals surface area contributed by atoms with E-state index in [9.17, 15) is 19.7 Å². The van der Waals surface area contributed by atoms with Crippen molar-refractivity contribution in [2.24, 2.45) is 5.92 Å². The van der Waals surface area contributed by atoms with Crippen LogP contribution in [-0.4, -0.2) is 23.3 Å². The number of rotatable bonds is 3. The van der Waals surface area contributed by atoms with Gasteiger partial charge in [0.15, 0.2) is 0 Å². The molecule has 1 heterocycles. The summed E-state index contributed by atoms with van der Waals surface area (Å²) in [5, 5.41) is 15.9. The molecule has 1 atom stereocenters. The molecule has 7 nitrogen and oxygen atoms in total. The summed E-state index contributed by atoms with van der Waals surface area (Å²) in [5.74, 6) is -0.783. The Balaban J connectivity index is 2.07. The highest BCUT2D eigenvalue weighted by Crippen LogP contribution is 2.22. The van der Waals surface area contributed by atoms with Crippen molar-refractivity contribution < 1.29 is 14.5 Å². The zero-order valence-corrected chi connectivity index (χ0v) is 10.3. The molecule has 0 radical (unpaired) electrons. The predicted octanol–water partition coefficient (Wildman–Crippen LogP) is 0.978. The molecule has 1 saturated heterocycles. The molecule has 1 aliphatic heterocycles. The van der Waals surface area contributed by atoms with Crippen LogP contribution in [0.5, 0.6) is 0 Å². The molecule has 0 bridgehead atoms. The third-order valence-electron chi connectivity index (χ3n) is 3.01. The lowest BCUT2D eigenvalue weighted by Crippen LogP contribution is -2.24. The molecule has 1 aromatic rings. The van der Waals surface area contributed by atoms with Crippen LogP contribution in [0.1, 0.15) is 12.0 Å². The summed E-state index contributed by atoms with van der Waals surface area (Å²) in [7, 11) is 0. The van der Waals surface area contributed by atoms with Crippen LogP contribution in [-0.2, 0) is 9.59 Å². The first-order chi connectivity index (χ1) is 8.97. The smallest absolute Gasteiger partial charge is 0.272 e. The molecule has 1 aliphatic rings. The molecule has 2 amide bonds. The molecule has 1 unspecified atom stereocenters. The fourth-order valence-electron chi connectivity index (χ4n) is 1.97. The summed E-state index contributed by atoms with van der Waals surface area (Å²) in [6.07, 6.45) is 0.178. The van der Waals surface area contributed by atoms with Crippen LogP contribution in [0.2, 0.25) is 0 Å². The van der Waals surface area contributed by atoms with Gasteiger partial charge in [-0.15, -0.1) is 0 Å². The molecule has 2 N–H and O–H groups in total. The Bertz CT molecular complexity index is 556. The lowest BCUT2D eigenvalue weighted by Gasteiger charge is -2.09. The molecule has 7 heteroatoms. The molecule has 0 aromatic heterocycles. The summed E-state index contributed by atoms with van der Waals surface area (Å²) in [5.41, 5.74) is 0.978. The lowest BCUT2D eigenvalue weighted by molar-refractivity contribution is -0.385. The van der Waals surface area contributed by atoms with Gasteiger partial charge in [0, 0.05) is 30.3 Å². The summed E-state index contributed by atoms with van der Waals surface area (Å²) >= 11 is 0. The second-order valence-corrected chi connectivity index (χ2v) is 4.45. The van der Waals surface area contributed by atoms with Gasteiger partial charge in [0.2, 0.25) is 11.8 Å². The van der Waals surface area contributed by atoms with Gasteiger partial charge >= 0.3 is 0 Å². The van der Waals surface area contributed by atoms with Crippen LogP contribution in [0.3, 0.4) is 0 Å². The highest BCUT2D eigenvalue weighted by Gasteiger charge is 2.28. The number of hydrogen-bond acceptors (Lipinski definition) is 4. The summed E-state index contributed by atoms with van der Waals surface area (Å²) in [4.78, 5) is 33.1. The Morgan fingerprint density at radius 2 is 2.26 bits per heavy atom. The number of aryl methyl sites for hydroxylation is 1. The van der Waals surface area contributed by atoms with Gasteiger partial charge in [0.25, 0.3) is 5.69 Å². The van der Waals surface area contributed by atoms with Crippen LogP contribution >= 0.6 is 0 Å². The van der Waals surface area contributed by atoms with E-state index in [1.807, 2.05) is 0 Å². The van der Waals surface area contributed by atoms with Crippen LogP contribution in [0.25, 0.3) is 0 Å². The first-order valence-electron chi connectivity index (χ1n) is 5.80. The average Bonchev–Trinajstić information content (AvgIpc) is 2.75. The Labute approximate surface area is 109 Å². The topological polar surface area (TPSA) is 101 Å². The second-order valence-electron chi connectivity index (χ2n) is 4.45. The van der Waals surface area contributed by atoms with E-state index in [2.05, 4.69) is 10.6 Å². The molecular weight excluding hydrogens is 250 g/mol. The minimum absolute atomic E-state index is 0.00992. The van der Waals surface area contributed by atoms with Gasteiger partial charge in [-0.3, -0.25) is 19.7 Å². The fourth-order valence-corrected chi connectivity index (χ4v) is 1.97. The Morgan fingerprint density at radius 3 is 2.79 bits per heavy atom. The zero-order chi connectivity index (χ0) is 14.0. The summed E-state index contributed by atoms with van der Waals surface area (Å²) in [6, 6.07) is 4.37. The highest BCUT2D eigenvalue weighted by molar-refractivity contribution is 5.97. The van der Waals surface area contributed by atoms with Gasteiger partial charge in [0.05, 0.1) is 10.8 Å². The molecular formula is C12H13N3O4. The van der Waals surface area contributed by atoms with Crippen molar-refractivity contribution in [3.63, 3.8) is 0 Å². The third kappa shape index (κ3) is 2.87. The van der Waals surface area contributed by atoms with E-state index in [1.165, 1.54) is 12.1 Å². The minimum Gasteiger partial charge on any atom is -0.355 e. The molecule has 1 fully saturated rings. The Hall–Kier alpha value is -2.44. The van der Waals surface area contributed by atoms with E-state index in [0.29, 0.717) is 17.8 Å². The van der Waals surface area contributed by atoms with Crippen LogP contribution in [0.15, 0.2) is 18.2 Å². The average molecular weight is 263 g/mol. The predicted molar refractivity (Wildman–Crippen MR) is 67.6 cm³/mol. The Morgan fingerprint density at radius 1 is 1.53 bits per heavy atom. The largest absolute Gasteiger partial charge is 0.355 e. The molecule has 0 saturated carbocycles. The van der Waals surface area contributed by atoms with Crippen LogP contribution < -0.4 is 10.6 Å². The maximum atomic E-state index is 11.9. The number of hydrogen-bond donors (Lipinski definition) is 2. The van der Waals surface area contributed by atoms with Gasteiger partial charge in [-0.1, -0.05) is 0 Å². The maximum absolute atomic E-state index is 11.9. The normalized spacial score (nSPS) is 17.9. The molecule has 0 spiro atoms. The number of benzene rings is 1. The number of amides is 2. The van der Waals surface area contributed by atoms with Gasteiger partial charge in [-0.25, -0.2) is 0 Å². The summed E-state index contributed by atoms with van der Waals surface area (Å²) < 4.78 is 0. The van der Waals surface area contributed by atoms with Crippen molar-refractivity contribution in [2.45, 2.75) is 13.3 Å². The van der Waals surface area contributed by atoms with Crippen molar-refractivity contribution in [1.82, 2.24) is 5.32 Å². The number of nitrogens with zero attached hydrogens (tertiary/aromatic N) is 1. The van der Waals surface area contributed by atoms with Crippen molar-refractivity contribution in [3.8, 4) is 0 Å². The molecule has 2 rings (SSSR count). The quantitative estimate of drug-likeness (QED) is 0.626. The van der Waals surface area contributed by atoms with E-state index in [-0.39, 0.29) is 29.8 Å². The van der Waals surface area contributed by atoms with E-state index >= 15 is 0 Å². The monoisotopic (exact) mass is 263 g/mol. The summed E-state index contributed by atoms with van der Waals surface area (Å²) in [6.45, 7) is 1.94. The first-order valence-corrected chi connectivity index (χ1v) is 5.80. The van der Waals surface area contributed by atoms with Gasteiger partial charge in [0.1, 0.15) is 0 Å². The van der Waals surface area contributed by atoms with Crippen molar-refractivity contribution in [3.05, 3.63) is 33.9 Å². The van der Waals surface area contributed by atoms with Gasteiger partial charge in [-0.2, -0.15) is 0 Å². The third-order valence-corrected chi connectivity index (χ3v) is 3.01. The standard InChI is InChI=1S/C12H13N3O4/c1-7-4-9(2-3-10(7)15(18)19)14-12(17)8-5-11(16)13-6-8/h2-4,8H,5-6H2,1H3,(H,13,16)(H,14,17). The van der Waals surface area contributed by atoms with E-state index < -0.39 is 4.92 Å². The second kappa shape index (κ2) is 5.05. The molecule has 19 heavy (non-hydrogen) atoms. The van der Waals surface area contributed by atoms with Crippen LogP contribution in [0.4, 0.5) is 11.4 Å². The number of nitrogens with one attached hydrogen (secondary N) is 2. The number of nitro benzene ring substituents is 1. The number of anilines is 1. The number of carbonyl (C=O) groups excluding carboxylic acids is 2. The van der Waals surface area contributed by atoms with E-state index in [4.69, 9.17) is 0 Å². The maximum Gasteiger partial charge on any atom is 0.272 e. The lowest BCUT2D eigenvalue weighted by atomic mass is 10.1. The van der Waals surface area contributed by atoms with Crippen molar-refractivity contribution in [1.29, 1.82) is 0 Å². The van der Waals surface area contributed by atoms with Gasteiger partial charge in [-0.05, 0) is 19.1 Å². The van der Waals surface area contributed by atoms with Gasteiger partial charge < -0.3 is 10.6 Å². The first kappa shape index (κ1) is 13.0. The van der Waals surface area contributed by atoms with Crippen LogP contribution in [0, 0.1) is 23.0 Å². The van der Waals surface area contributed by atoms with Crippen molar-refractivity contribution >= 4 is 23.2 Å². The number of nitro groups is 1. The highest BCUT2D eigenvalue weighted by atomic mass is 16.6. The molecule has 100 valence electrons. The van der Waals surface area contributed by atoms with Crippen molar-refractivity contribution in [2.75, 3.05) is 11.9 Å². The molecule has 0 aliphatic carbocycles. The van der Waals surface area contributed by atoms with E-state index in [0.717, 1.165) is 0 Å². The molecule has 1 aromatic carbocycles. The Kier molecular flexibility index (Phi) is 3.46. The number of carbonyl (C=O) groups is 2. The fraction of sp³-hybridized carbons (Fsp3) is 0.333. The SMILES string of the molecule is Cc1cc(NC(=O)C2CNC(=O)C2)ccc1[N+](=O)[O-]. The zero-order valence-electron chi connectivity index (χ0n) is 10.3. The van der Waals surface area contributed by atoms with E-state index in [1.54, 1.807) is 13.0 Å².